The van der Waals surface area contributed by atoms with E-state index in [0.29, 0.717) is 6.42 Å². The molecule has 0 aromatic carbocycles. The van der Waals surface area contributed by atoms with E-state index in [1.165, 1.54) is 49.4 Å². The maximum atomic E-state index is 13.7. The Labute approximate surface area is 236 Å². The second-order valence-electron chi connectivity index (χ2n) is 10.4. The van der Waals surface area contributed by atoms with Crippen LogP contribution in [0.2, 0.25) is 0 Å². The van der Waals surface area contributed by atoms with Crippen LogP contribution in [0.15, 0.2) is 6.33 Å². The number of esters is 1. The summed E-state index contributed by atoms with van der Waals surface area (Å²) in [6, 6.07) is 0. The first-order valence-electron chi connectivity index (χ1n) is 14.5. The van der Waals surface area contributed by atoms with Crippen LogP contribution in [0.1, 0.15) is 109 Å². The first-order chi connectivity index (χ1) is 19.4. The number of nitrogen functional groups attached to an aromatic ring is 1. The number of carbonyl (C=O) groups excluding carboxylic acids is 1. The summed E-state index contributed by atoms with van der Waals surface area (Å²) in [6.45, 7) is 1.94. The minimum atomic E-state index is -1.54. The number of hydrogen-bond acceptors (Lipinski definition) is 8. The van der Waals surface area contributed by atoms with E-state index in [2.05, 4.69) is 39.6 Å². The topological polar surface area (TPSA) is 125 Å². The normalized spacial score (nSPS) is 20.2. The molecule has 0 bridgehead atoms. The first-order valence-corrected chi connectivity index (χ1v) is 14.5. The number of terminal acetylenes is 1. The van der Waals surface area contributed by atoms with Gasteiger partial charge in [0.25, 0.3) is 0 Å². The Hall–Kier alpha value is -3.21. The maximum Gasteiger partial charge on any atom is 0.312 e. The van der Waals surface area contributed by atoms with Crippen molar-refractivity contribution in [2.24, 2.45) is 0 Å². The molecule has 0 radical (unpaired) electrons. The van der Waals surface area contributed by atoms with Crippen molar-refractivity contribution in [1.29, 1.82) is 0 Å². The van der Waals surface area contributed by atoms with Crippen LogP contribution in [-0.4, -0.2) is 48.9 Å². The Morgan fingerprint density at radius 1 is 1.15 bits per heavy atom. The number of nitrogens with zero attached hydrogens (tertiary/aromatic N) is 4. The first kappa shape index (κ1) is 31.3. The van der Waals surface area contributed by atoms with Crippen LogP contribution >= 0.6 is 0 Å². The van der Waals surface area contributed by atoms with Crippen LogP contribution < -0.4 is 5.73 Å². The Bertz CT molecular complexity index is 1200. The number of halogens is 1. The number of carbonyl (C=O) groups is 1. The Morgan fingerprint density at radius 2 is 1.80 bits per heavy atom. The molecule has 2 aromatic rings. The van der Waals surface area contributed by atoms with E-state index < -0.39 is 30.0 Å². The largest absolute Gasteiger partial charge is 0.461 e. The predicted octanol–water partition coefficient (Wildman–Crippen LogP) is 5.23. The zero-order valence-corrected chi connectivity index (χ0v) is 23.5. The van der Waals surface area contributed by atoms with Crippen molar-refractivity contribution in [2.75, 3.05) is 12.3 Å². The molecule has 40 heavy (non-hydrogen) atoms. The highest BCUT2D eigenvalue weighted by atomic mass is 19.1. The van der Waals surface area contributed by atoms with E-state index in [-0.39, 0.29) is 36.4 Å². The number of unbranched alkanes of at least 4 members (excludes halogenated alkanes) is 11. The molecule has 1 aliphatic rings. The van der Waals surface area contributed by atoms with Crippen molar-refractivity contribution in [3.8, 4) is 24.2 Å². The van der Waals surface area contributed by atoms with Gasteiger partial charge < -0.3 is 20.3 Å². The smallest absolute Gasteiger partial charge is 0.312 e. The molecule has 3 N–H and O–H groups in total. The van der Waals surface area contributed by atoms with Crippen molar-refractivity contribution >= 4 is 23.0 Å². The van der Waals surface area contributed by atoms with E-state index in [0.717, 1.165) is 38.5 Å². The van der Waals surface area contributed by atoms with Crippen molar-refractivity contribution < 1.29 is 23.8 Å². The third kappa shape index (κ3) is 8.90. The maximum absolute atomic E-state index is 13.7. The van der Waals surface area contributed by atoms with Crippen LogP contribution in [0.4, 0.5) is 10.2 Å². The number of fused-ring (bicyclic) bond motifs is 1. The molecule has 0 saturated carbocycles. The molecule has 9 nitrogen and oxygen atoms in total. The van der Waals surface area contributed by atoms with Gasteiger partial charge in [-0.05, 0) is 19.3 Å². The molecule has 2 aromatic heterocycles. The van der Waals surface area contributed by atoms with Crippen LogP contribution in [0.3, 0.4) is 0 Å². The average molecular weight is 556 g/mol. The molecule has 1 saturated heterocycles. The van der Waals surface area contributed by atoms with Crippen molar-refractivity contribution in [2.45, 2.75) is 121 Å². The third-order valence-corrected chi connectivity index (χ3v) is 7.20. The Morgan fingerprint density at radius 3 is 2.48 bits per heavy atom. The number of aliphatic hydroxyl groups is 1. The molecule has 3 atom stereocenters. The highest BCUT2D eigenvalue weighted by molar-refractivity contribution is 5.81. The van der Waals surface area contributed by atoms with Crippen LogP contribution in [0.25, 0.3) is 11.2 Å². The molecule has 0 spiro atoms. The lowest BCUT2D eigenvalue weighted by Gasteiger charge is -2.26. The number of hydrogen-bond donors (Lipinski definition) is 2. The SMILES string of the molecule is C#C[C@]1(COC(=O)CCCCCCCC#CCCCCCCCC)O[C@@H](n2cnc3c(N)nc(F)nc32)C[C@@H]1O. The van der Waals surface area contributed by atoms with E-state index >= 15 is 0 Å². The molecule has 0 amide bonds. The monoisotopic (exact) mass is 555 g/mol. The number of anilines is 1. The van der Waals surface area contributed by atoms with E-state index in [9.17, 15) is 14.3 Å². The summed E-state index contributed by atoms with van der Waals surface area (Å²) in [5.74, 6) is 8.49. The van der Waals surface area contributed by atoms with Gasteiger partial charge in [-0.3, -0.25) is 9.36 Å². The fraction of sp³-hybridized carbons (Fsp3) is 0.667. The van der Waals surface area contributed by atoms with Gasteiger partial charge in [-0.15, -0.1) is 18.3 Å². The summed E-state index contributed by atoms with van der Waals surface area (Å²) in [6.07, 6.45) is 19.0. The summed E-state index contributed by atoms with van der Waals surface area (Å²) in [5.41, 5.74) is 4.51. The van der Waals surface area contributed by atoms with Gasteiger partial charge in [0.05, 0.1) is 6.33 Å². The summed E-state index contributed by atoms with van der Waals surface area (Å²) in [5, 5.41) is 10.7. The second kappa shape index (κ2) is 16.2. The second-order valence-corrected chi connectivity index (χ2v) is 10.4. The van der Waals surface area contributed by atoms with E-state index in [1.54, 1.807) is 0 Å². The van der Waals surface area contributed by atoms with Gasteiger partial charge in [0, 0.05) is 25.7 Å². The van der Waals surface area contributed by atoms with Gasteiger partial charge in [0.2, 0.25) is 0 Å². The lowest BCUT2D eigenvalue weighted by molar-refractivity contribution is -0.156. The summed E-state index contributed by atoms with van der Waals surface area (Å²) >= 11 is 0. The van der Waals surface area contributed by atoms with Crippen LogP contribution in [0.5, 0.6) is 0 Å². The molecule has 1 fully saturated rings. The fourth-order valence-corrected chi connectivity index (χ4v) is 4.79. The number of aromatic nitrogens is 4. The molecule has 1 aliphatic heterocycles. The minimum absolute atomic E-state index is 0.0716. The number of ether oxygens (including phenoxy) is 2. The number of nitrogens with two attached hydrogens (primary N) is 1. The van der Waals surface area contributed by atoms with Crippen molar-refractivity contribution in [1.82, 2.24) is 19.5 Å². The zero-order valence-electron chi connectivity index (χ0n) is 23.5. The Balaban J connectivity index is 1.31. The van der Waals surface area contributed by atoms with Gasteiger partial charge in [-0.25, -0.2) is 4.98 Å². The molecule has 10 heteroatoms. The number of rotatable bonds is 16. The highest BCUT2D eigenvalue weighted by Crippen LogP contribution is 2.38. The third-order valence-electron chi connectivity index (χ3n) is 7.20. The average Bonchev–Trinajstić information content (AvgIpc) is 3.50. The van der Waals surface area contributed by atoms with Crippen LogP contribution in [0, 0.1) is 30.3 Å². The predicted molar refractivity (Wildman–Crippen MR) is 151 cm³/mol. The fourth-order valence-electron chi connectivity index (χ4n) is 4.79. The van der Waals surface area contributed by atoms with E-state index in [1.807, 2.05) is 0 Å². The van der Waals surface area contributed by atoms with Crippen molar-refractivity contribution in [3.05, 3.63) is 12.4 Å². The van der Waals surface area contributed by atoms with E-state index in [4.69, 9.17) is 21.6 Å². The molecular formula is C30H42FN5O4. The summed E-state index contributed by atoms with van der Waals surface area (Å²) in [7, 11) is 0. The van der Waals surface area contributed by atoms with Gasteiger partial charge >= 0.3 is 12.0 Å². The van der Waals surface area contributed by atoms with Gasteiger partial charge in [-0.2, -0.15) is 14.4 Å². The molecule has 3 heterocycles. The lowest BCUT2D eigenvalue weighted by atomic mass is 9.99. The van der Waals surface area contributed by atoms with Crippen molar-refractivity contribution in [3.63, 3.8) is 0 Å². The zero-order chi connectivity index (χ0) is 28.8. The standard InChI is InChI=1S/C30H42FN5O4/c1-3-5-6-7-8-9-10-11-12-13-14-15-16-17-18-19-25(38)39-21-30(4-2)23(37)20-24(40-30)36-22-33-26-27(32)34-29(31)35-28(26)36/h2,22-24,37H,3,5-10,13-21H2,1H3,(H2,32,34,35)/t23-,24+,30+/m0/s1. The molecular weight excluding hydrogens is 513 g/mol. The minimum Gasteiger partial charge on any atom is -0.461 e. The summed E-state index contributed by atoms with van der Waals surface area (Å²) in [4.78, 5) is 23.6. The van der Waals surface area contributed by atoms with Crippen LogP contribution in [-0.2, 0) is 14.3 Å². The quantitative estimate of drug-likeness (QED) is 0.125. The molecule has 218 valence electrons. The van der Waals surface area contributed by atoms with Gasteiger partial charge in [-0.1, -0.05) is 64.2 Å². The lowest BCUT2D eigenvalue weighted by Crippen LogP contribution is -2.43. The molecule has 3 rings (SSSR count). The van der Waals surface area contributed by atoms with Gasteiger partial charge in [0.1, 0.15) is 18.9 Å². The molecule has 0 aliphatic carbocycles. The molecule has 0 unspecified atom stereocenters. The summed E-state index contributed by atoms with van der Waals surface area (Å²) < 4.78 is 26.5. The van der Waals surface area contributed by atoms with Gasteiger partial charge in [0.15, 0.2) is 22.6 Å². The number of aliphatic hydroxyl groups excluding tert-OH is 1. The number of imidazole rings is 1. The Kier molecular flexibility index (Phi) is 12.6. The highest BCUT2D eigenvalue weighted by Gasteiger charge is 2.49.